The Morgan fingerprint density at radius 1 is 1.33 bits per heavy atom. The van der Waals surface area contributed by atoms with Gasteiger partial charge in [0.2, 0.25) is 5.91 Å². The van der Waals surface area contributed by atoms with Gasteiger partial charge in [-0.25, -0.2) is 9.10 Å². The van der Waals surface area contributed by atoms with Crippen molar-refractivity contribution in [1.29, 1.82) is 0 Å². The number of ether oxygens (including phenoxy) is 2. The second-order valence-corrected chi connectivity index (χ2v) is 4.58. The van der Waals surface area contributed by atoms with Crippen molar-refractivity contribution in [3.05, 3.63) is 10.5 Å². The minimum absolute atomic E-state index is 0.0559. The second-order valence-electron chi connectivity index (χ2n) is 3.52. The number of carbonyl (C=O) groups is 3. The van der Waals surface area contributed by atoms with E-state index in [4.69, 9.17) is 5.73 Å². The van der Waals surface area contributed by atoms with Gasteiger partial charge >= 0.3 is 11.9 Å². The van der Waals surface area contributed by atoms with E-state index in [9.17, 15) is 14.4 Å². The van der Waals surface area contributed by atoms with E-state index in [1.807, 2.05) is 0 Å². The summed E-state index contributed by atoms with van der Waals surface area (Å²) in [5.74, 6) is -1.82. The molecule has 0 bridgehead atoms. The van der Waals surface area contributed by atoms with E-state index in [0.29, 0.717) is 0 Å². The highest BCUT2D eigenvalue weighted by molar-refractivity contribution is 8.02. The normalized spacial score (nSPS) is 19.8. The largest absolute Gasteiger partial charge is 0.468 e. The van der Waals surface area contributed by atoms with Gasteiger partial charge in [0.05, 0.1) is 25.8 Å². The Hall–Kier alpha value is -1.54. The van der Waals surface area contributed by atoms with Crippen LogP contribution in [0.15, 0.2) is 10.5 Å². The van der Waals surface area contributed by atoms with Crippen LogP contribution in [0.4, 0.5) is 0 Å². The van der Waals surface area contributed by atoms with Crippen molar-refractivity contribution in [2.75, 3.05) is 20.8 Å². The van der Waals surface area contributed by atoms with Gasteiger partial charge in [0.25, 0.3) is 0 Å². The molecular formula is C10H14N2O5S. The highest BCUT2D eigenvalue weighted by atomic mass is 32.2. The van der Waals surface area contributed by atoms with Crippen LogP contribution in [0.25, 0.3) is 0 Å². The van der Waals surface area contributed by atoms with E-state index < -0.39 is 23.9 Å². The maximum absolute atomic E-state index is 11.5. The molecule has 0 aliphatic carbocycles. The monoisotopic (exact) mass is 274 g/mol. The van der Waals surface area contributed by atoms with Crippen molar-refractivity contribution >= 4 is 29.8 Å². The number of nitrogens with zero attached hydrogens (tertiary/aromatic N) is 1. The van der Waals surface area contributed by atoms with Gasteiger partial charge in [0, 0.05) is 0 Å². The lowest BCUT2D eigenvalue weighted by atomic mass is 10.1. The van der Waals surface area contributed by atoms with E-state index in [-0.39, 0.29) is 17.0 Å². The van der Waals surface area contributed by atoms with Crippen LogP contribution in [0.2, 0.25) is 0 Å². The predicted octanol–water partition coefficient (Wildman–Crippen LogP) is -0.576. The number of methoxy groups -OCH3 is 2. The van der Waals surface area contributed by atoms with Crippen molar-refractivity contribution in [2.24, 2.45) is 5.73 Å². The molecule has 0 aromatic rings. The molecule has 0 aromatic heterocycles. The van der Waals surface area contributed by atoms with E-state index in [1.165, 1.54) is 18.5 Å². The SMILES string of the molecule is COC(=O)CN1SC(C(=O)OC)=C(C(N)=O)C1C. The van der Waals surface area contributed by atoms with Gasteiger partial charge in [-0.3, -0.25) is 9.59 Å². The standard InChI is InChI=1S/C10H14N2O5S/c1-5-7(9(11)14)8(10(15)17-3)18-12(5)4-6(13)16-2/h5H,4H2,1-3H3,(H2,11,14). The summed E-state index contributed by atoms with van der Waals surface area (Å²) >= 11 is 0.968. The van der Waals surface area contributed by atoms with Gasteiger partial charge in [0.1, 0.15) is 11.4 Å². The van der Waals surface area contributed by atoms with Crippen molar-refractivity contribution in [2.45, 2.75) is 13.0 Å². The first kappa shape index (κ1) is 14.5. The van der Waals surface area contributed by atoms with Crippen LogP contribution in [0.1, 0.15) is 6.92 Å². The highest BCUT2D eigenvalue weighted by Gasteiger charge is 2.38. The molecule has 0 radical (unpaired) electrons. The van der Waals surface area contributed by atoms with Crippen LogP contribution in [0.3, 0.4) is 0 Å². The fraction of sp³-hybridized carbons (Fsp3) is 0.500. The number of amides is 1. The summed E-state index contributed by atoms with van der Waals surface area (Å²) in [5.41, 5.74) is 5.38. The van der Waals surface area contributed by atoms with Crippen LogP contribution in [-0.2, 0) is 23.9 Å². The molecule has 1 atom stereocenters. The number of hydrogen-bond acceptors (Lipinski definition) is 7. The Bertz CT molecular complexity index is 420. The summed E-state index contributed by atoms with van der Waals surface area (Å²) in [6.07, 6.45) is 0. The third-order valence-electron chi connectivity index (χ3n) is 2.45. The van der Waals surface area contributed by atoms with E-state index in [1.54, 1.807) is 6.92 Å². The first-order chi connectivity index (χ1) is 8.42. The van der Waals surface area contributed by atoms with Gasteiger partial charge in [0.15, 0.2) is 0 Å². The maximum atomic E-state index is 11.5. The summed E-state index contributed by atoms with van der Waals surface area (Å²) in [7, 11) is 2.47. The van der Waals surface area contributed by atoms with Gasteiger partial charge in [-0.05, 0) is 18.9 Å². The first-order valence-electron chi connectivity index (χ1n) is 5.06. The average Bonchev–Trinajstić information content (AvgIpc) is 2.65. The predicted molar refractivity (Wildman–Crippen MR) is 64.0 cm³/mol. The summed E-state index contributed by atoms with van der Waals surface area (Å²) < 4.78 is 10.6. The van der Waals surface area contributed by atoms with Crippen LogP contribution in [0.5, 0.6) is 0 Å². The zero-order chi connectivity index (χ0) is 13.9. The molecular weight excluding hydrogens is 260 g/mol. The number of nitrogens with two attached hydrogens (primary N) is 1. The second kappa shape index (κ2) is 5.87. The summed E-state index contributed by atoms with van der Waals surface area (Å²) in [6.45, 7) is 1.62. The zero-order valence-corrected chi connectivity index (χ0v) is 11.1. The lowest BCUT2D eigenvalue weighted by Crippen LogP contribution is -2.33. The Morgan fingerprint density at radius 2 is 1.94 bits per heavy atom. The highest BCUT2D eigenvalue weighted by Crippen LogP contribution is 2.37. The fourth-order valence-electron chi connectivity index (χ4n) is 1.50. The van der Waals surface area contributed by atoms with Gasteiger partial charge < -0.3 is 15.2 Å². The van der Waals surface area contributed by atoms with Crippen LogP contribution >= 0.6 is 11.9 Å². The number of esters is 2. The Balaban J connectivity index is 2.96. The minimum Gasteiger partial charge on any atom is -0.468 e. The van der Waals surface area contributed by atoms with Gasteiger partial charge in [-0.1, -0.05) is 0 Å². The van der Waals surface area contributed by atoms with Crippen molar-refractivity contribution in [3.8, 4) is 0 Å². The van der Waals surface area contributed by atoms with Crippen molar-refractivity contribution in [1.82, 2.24) is 4.31 Å². The molecule has 1 unspecified atom stereocenters. The maximum Gasteiger partial charge on any atom is 0.346 e. The molecule has 1 heterocycles. The lowest BCUT2D eigenvalue weighted by molar-refractivity contribution is -0.141. The molecule has 1 aliphatic heterocycles. The Kier molecular flexibility index (Phi) is 4.74. The molecule has 1 aliphatic rings. The zero-order valence-electron chi connectivity index (χ0n) is 10.3. The fourth-order valence-corrected chi connectivity index (χ4v) is 2.69. The average molecular weight is 274 g/mol. The molecule has 0 aromatic carbocycles. The number of primary amides is 1. The quantitative estimate of drug-likeness (QED) is 0.541. The third-order valence-corrected chi connectivity index (χ3v) is 3.70. The Labute approximate surface area is 108 Å². The summed E-state index contributed by atoms with van der Waals surface area (Å²) in [5, 5.41) is 0. The number of rotatable bonds is 4. The van der Waals surface area contributed by atoms with E-state index in [0.717, 1.165) is 11.9 Å². The minimum atomic E-state index is -0.706. The molecule has 0 saturated heterocycles. The molecule has 7 nitrogen and oxygen atoms in total. The van der Waals surface area contributed by atoms with Crippen LogP contribution < -0.4 is 5.73 Å². The van der Waals surface area contributed by atoms with Gasteiger partial charge in [-0.2, -0.15) is 0 Å². The number of carbonyl (C=O) groups excluding carboxylic acids is 3. The molecule has 1 rings (SSSR count). The van der Waals surface area contributed by atoms with Gasteiger partial charge in [-0.15, -0.1) is 0 Å². The van der Waals surface area contributed by atoms with Crippen LogP contribution in [0, 0.1) is 0 Å². The molecule has 8 heteroatoms. The van der Waals surface area contributed by atoms with Crippen molar-refractivity contribution < 1.29 is 23.9 Å². The molecule has 2 N–H and O–H groups in total. The van der Waals surface area contributed by atoms with E-state index >= 15 is 0 Å². The number of hydrogen-bond donors (Lipinski definition) is 1. The summed E-state index contributed by atoms with van der Waals surface area (Å²) in [4.78, 5) is 34.2. The third kappa shape index (κ3) is 2.82. The first-order valence-corrected chi connectivity index (χ1v) is 5.83. The summed E-state index contributed by atoms with van der Waals surface area (Å²) in [6, 6.07) is -0.458. The van der Waals surface area contributed by atoms with E-state index in [2.05, 4.69) is 9.47 Å². The molecule has 0 saturated carbocycles. The smallest absolute Gasteiger partial charge is 0.346 e. The molecule has 0 spiro atoms. The topological polar surface area (TPSA) is 98.9 Å². The molecule has 100 valence electrons. The molecule has 0 fully saturated rings. The molecule has 1 amide bonds. The molecule has 18 heavy (non-hydrogen) atoms. The van der Waals surface area contributed by atoms with Crippen molar-refractivity contribution in [3.63, 3.8) is 0 Å². The van der Waals surface area contributed by atoms with Crippen LogP contribution in [-0.4, -0.2) is 49.0 Å². The Morgan fingerprint density at radius 3 is 2.39 bits per heavy atom. The lowest BCUT2D eigenvalue weighted by Gasteiger charge is -2.19.